The molecule has 0 aliphatic heterocycles. The first-order valence-corrected chi connectivity index (χ1v) is 9.06. The third-order valence-corrected chi connectivity index (χ3v) is 5.31. The second kappa shape index (κ2) is 6.47. The van der Waals surface area contributed by atoms with E-state index in [0.29, 0.717) is 12.1 Å². The zero-order valence-electron chi connectivity index (χ0n) is 14.5. The van der Waals surface area contributed by atoms with E-state index in [2.05, 4.69) is 44.5 Å². The van der Waals surface area contributed by atoms with Gasteiger partial charge in [0.15, 0.2) is 0 Å². The maximum absolute atomic E-state index is 8.98. The Balaban J connectivity index is 1.78. The zero-order valence-corrected chi connectivity index (χ0v) is 16.0. The molecule has 0 radical (unpaired) electrons. The summed E-state index contributed by atoms with van der Waals surface area (Å²) in [5, 5.41) is 10.1. The first-order chi connectivity index (χ1) is 12.6. The van der Waals surface area contributed by atoms with Crippen LogP contribution >= 0.6 is 15.9 Å². The summed E-state index contributed by atoms with van der Waals surface area (Å²) in [5.41, 5.74) is 4.87. The zero-order chi connectivity index (χ0) is 18.3. The number of hydrogen-bond donors (Lipinski definition) is 0. The fourth-order valence-electron chi connectivity index (χ4n) is 3.22. The SMILES string of the molecule is Cc1oc2c(Br)ccc(Cn3ccnc3-c3ccc(C#N)cc3)c2c1C. The van der Waals surface area contributed by atoms with Crippen LogP contribution in [0.5, 0.6) is 0 Å². The largest absolute Gasteiger partial charge is 0.460 e. The number of rotatable bonds is 3. The van der Waals surface area contributed by atoms with Crippen molar-refractivity contribution in [2.24, 2.45) is 0 Å². The minimum atomic E-state index is 0.644. The topological polar surface area (TPSA) is 54.8 Å². The molecule has 4 aromatic rings. The summed E-state index contributed by atoms with van der Waals surface area (Å²) in [5.74, 6) is 1.81. The molecule has 2 aromatic heterocycles. The lowest BCUT2D eigenvalue weighted by Crippen LogP contribution is -2.02. The van der Waals surface area contributed by atoms with Crippen LogP contribution in [0.3, 0.4) is 0 Å². The molecular weight excluding hydrogens is 390 g/mol. The number of furan rings is 1. The van der Waals surface area contributed by atoms with Crippen LogP contribution in [0.25, 0.3) is 22.4 Å². The van der Waals surface area contributed by atoms with Crippen molar-refractivity contribution < 1.29 is 4.42 Å². The Labute approximate surface area is 159 Å². The molecule has 0 unspecified atom stereocenters. The van der Waals surface area contributed by atoms with Crippen LogP contribution in [-0.2, 0) is 6.54 Å². The predicted molar refractivity (Wildman–Crippen MR) is 105 cm³/mol. The lowest BCUT2D eigenvalue weighted by Gasteiger charge is -2.10. The fraction of sp³-hybridized carbons (Fsp3) is 0.143. The highest BCUT2D eigenvalue weighted by Crippen LogP contribution is 2.34. The molecule has 128 valence electrons. The molecule has 0 saturated heterocycles. The summed E-state index contributed by atoms with van der Waals surface area (Å²) in [7, 11) is 0. The van der Waals surface area contributed by atoms with Gasteiger partial charge in [0.2, 0.25) is 0 Å². The van der Waals surface area contributed by atoms with E-state index in [1.807, 2.05) is 43.5 Å². The maximum Gasteiger partial charge on any atom is 0.149 e. The third kappa shape index (κ3) is 2.73. The highest BCUT2D eigenvalue weighted by Gasteiger charge is 2.15. The number of benzene rings is 2. The number of imidazole rings is 1. The average molecular weight is 406 g/mol. The quantitative estimate of drug-likeness (QED) is 0.445. The summed E-state index contributed by atoms with van der Waals surface area (Å²) in [6, 6.07) is 13.8. The number of nitrogens with zero attached hydrogens (tertiary/aromatic N) is 3. The van der Waals surface area contributed by atoms with E-state index < -0.39 is 0 Å². The van der Waals surface area contributed by atoms with Crippen molar-refractivity contribution in [2.75, 3.05) is 0 Å². The molecule has 0 spiro atoms. The van der Waals surface area contributed by atoms with E-state index >= 15 is 0 Å². The van der Waals surface area contributed by atoms with Gasteiger partial charge >= 0.3 is 0 Å². The van der Waals surface area contributed by atoms with E-state index in [1.54, 1.807) is 6.20 Å². The lowest BCUT2D eigenvalue weighted by atomic mass is 10.1. The molecule has 4 nitrogen and oxygen atoms in total. The van der Waals surface area contributed by atoms with Crippen molar-refractivity contribution >= 4 is 26.9 Å². The Kier molecular flexibility index (Phi) is 4.14. The van der Waals surface area contributed by atoms with Crippen molar-refractivity contribution in [1.29, 1.82) is 5.26 Å². The van der Waals surface area contributed by atoms with Gasteiger partial charge in [-0.1, -0.05) is 6.07 Å². The summed E-state index contributed by atoms with van der Waals surface area (Å²) in [6.45, 7) is 4.77. The fourth-order valence-corrected chi connectivity index (χ4v) is 3.63. The molecule has 0 atom stereocenters. The standard InChI is InChI=1S/C21H16BrN3O/c1-13-14(2)26-20-18(22)8-7-17(19(13)20)12-25-10-9-24-21(25)16-5-3-15(11-23)4-6-16/h3-10H,12H2,1-2H3. The first-order valence-electron chi connectivity index (χ1n) is 8.27. The molecule has 0 aliphatic rings. The highest BCUT2D eigenvalue weighted by molar-refractivity contribution is 9.10. The second-order valence-corrected chi connectivity index (χ2v) is 7.12. The van der Waals surface area contributed by atoms with Gasteiger partial charge in [0.1, 0.15) is 17.2 Å². The Hall–Kier alpha value is -2.84. The minimum Gasteiger partial charge on any atom is -0.460 e. The molecule has 4 rings (SSSR count). The van der Waals surface area contributed by atoms with Gasteiger partial charge in [-0.15, -0.1) is 0 Å². The van der Waals surface area contributed by atoms with Crippen LogP contribution in [0.4, 0.5) is 0 Å². The van der Waals surface area contributed by atoms with Crippen LogP contribution in [0, 0.1) is 25.2 Å². The molecule has 5 heteroatoms. The van der Waals surface area contributed by atoms with Gasteiger partial charge < -0.3 is 8.98 Å². The normalized spacial score (nSPS) is 11.0. The summed E-state index contributed by atoms with van der Waals surface area (Å²) < 4.78 is 9.01. The smallest absolute Gasteiger partial charge is 0.149 e. The molecule has 0 bridgehead atoms. The lowest BCUT2D eigenvalue weighted by molar-refractivity contribution is 0.573. The van der Waals surface area contributed by atoms with Gasteiger partial charge in [-0.2, -0.15) is 5.26 Å². The Bertz CT molecular complexity index is 1150. The third-order valence-electron chi connectivity index (χ3n) is 4.68. The highest BCUT2D eigenvalue weighted by atomic mass is 79.9. The predicted octanol–water partition coefficient (Wildman–Crippen LogP) is 5.60. The molecule has 0 N–H and O–H groups in total. The first kappa shape index (κ1) is 16.6. The van der Waals surface area contributed by atoms with Crippen LogP contribution < -0.4 is 0 Å². The summed E-state index contributed by atoms with van der Waals surface area (Å²) in [6.07, 6.45) is 3.78. The van der Waals surface area contributed by atoms with Crippen LogP contribution in [-0.4, -0.2) is 9.55 Å². The molecule has 2 aromatic carbocycles. The van der Waals surface area contributed by atoms with Crippen molar-refractivity contribution in [3.8, 4) is 17.5 Å². The number of halogens is 1. The van der Waals surface area contributed by atoms with E-state index in [4.69, 9.17) is 9.68 Å². The van der Waals surface area contributed by atoms with Gasteiger partial charge in [0.05, 0.1) is 16.1 Å². The molecule has 0 fully saturated rings. The van der Waals surface area contributed by atoms with E-state index in [0.717, 1.165) is 38.2 Å². The minimum absolute atomic E-state index is 0.644. The number of hydrogen-bond acceptors (Lipinski definition) is 3. The van der Waals surface area contributed by atoms with Crippen molar-refractivity contribution in [3.05, 3.63) is 75.7 Å². The maximum atomic E-state index is 8.98. The molecule has 0 amide bonds. The van der Waals surface area contributed by atoms with Gasteiger partial charge in [-0.3, -0.25) is 0 Å². The van der Waals surface area contributed by atoms with Crippen LogP contribution in [0.2, 0.25) is 0 Å². The number of aryl methyl sites for hydroxylation is 2. The van der Waals surface area contributed by atoms with Crippen molar-refractivity contribution in [1.82, 2.24) is 9.55 Å². The Morgan fingerprint density at radius 1 is 1.15 bits per heavy atom. The summed E-state index contributed by atoms with van der Waals surface area (Å²) >= 11 is 3.58. The summed E-state index contributed by atoms with van der Waals surface area (Å²) in [4.78, 5) is 4.51. The molecule has 0 saturated carbocycles. The van der Waals surface area contributed by atoms with Crippen LogP contribution in [0.1, 0.15) is 22.5 Å². The molecule has 2 heterocycles. The second-order valence-electron chi connectivity index (χ2n) is 6.26. The monoisotopic (exact) mass is 405 g/mol. The number of aromatic nitrogens is 2. The van der Waals surface area contributed by atoms with Gasteiger partial charge in [0.25, 0.3) is 0 Å². The number of fused-ring (bicyclic) bond motifs is 1. The van der Waals surface area contributed by atoms with Crippen molar-refractivity contribution in [3.63, 3.8) is 0 Å². The van der Waals surface area contributed by atoms with E-state index in [-0.39, 0.29) is 0 Å². The Morgan fingerprint density at radius 2 is 1.92 bits per heavy atom. The van der Waals surface area contributed by atoms with E-state index in [9.17, 15) is 0 Å². The average Bonchev–Trinajstić information content (AvgIpc) is 3.23. The molecule has 26 heavy (non-hydrogen) atoms. The van der Waals surface area contributed by atoms with E-state index in [1.165, 1.54) is 5.56 Å². The van der Waals surface area contributed by atoms with Gasteiger partial charge in [-0.25, -0.2) is 4.98 Å². The number of nitriles is 1. The van der Waals surface area contributed by atoms with Crippen molar-refractivity contribution in [2.45, 2.75) is 20.4 Å². The van der Waals surface area contributed by atoms with Crippen LogP contribution in [0.15, 0.2) is 57.7 Å². The molecule has 0 aliphatic carbocycles. The van der Waals surface area contributed by atoms with Gasteiger partial charge in [-0.05, 0) is 71.2 Å². The van der Waals surface area contributed by atoms with Gasteiger partial charge in [0, 0.05) is 29.9 Å². The molecular formula is C21H16BrN3O. The Morgan fingerprint density at radius 3 is 2.65 bits per heavy atom.